The van der Waals surface area contributed by atoms with Crippen LogP contribution >= 0.6 is 11.6 Å². The van der Waals surface area contributed by atoms with Crippen molar-refractivity contribution in [1.29, 1.82) is 0 Å². The van der Waals surface area contributed by atoms with Crippen molar-refractivity contribution in [1.82, 2.24) is 0 Å². The first-order valence-corrected chi connectivity index (χ1v) is 11.7. The van der Waals surface area contributed by atoms with Gasteiger partial charge in [0, 0.05) is 22.6 Å². The molecule has 1 aromatic carbocycles. The second kappa shape index (κ2) is 7.68. The highest BCUT2D eigenvalue weighted by molar-refractivity contribution is 6.17. The minimum absolute atomic E-state index is 0.00891. The van der Waals surface area contributed by atoms with Gasteiger partial charge in [-0.25, -0.2) is 0 Å². The Bertz CT molecular complexity index is 1140. The Morgan fingerprint density at radius 3 is 2.52 bits per heavy atom. The number of rotatable bonds is 3. The van der Waals surface area contributed by atoms with Gasteiger partial charge >= 0.3 is 0 Å². The fourth-order valence-corrected chi connectivity index (χ4v) is 5.87. The molecule has 0 spiro atoms. The number of alkyl halides is 1. The van der Waals surface area contributed by atoms with Crippen molar-refractivity contribution in [2.45, 2.75) is 52.8 Å². The molecule has 1 unspecified atom stereocenters. The Hall–Kier alpha value is -2.31. The van der Waals surface area contributed by atoms with Gasteiger partial charge < -0.3 is 0 Å². The summed E-state index contributed by atoms with van der Waals surface area (Å²) in [5.74, 6) is 0.839. The summed E-state index contributed by atoms with van der Waals surface area (Å²) in [6, 6.07) is 6.61. The van der Waals surface area contributed by atoms with Gasteiger partial charge in [0.15, 0.2) is 0 Å². The summed E-state index contributed by atoms with van der Waals surface area (Å²) in [6.07, 6.45) is 15.9. The molecule has 31 heavy (non-hydrogen) atoms. The van der Waals surface area contributed by atoms with E-state index in [1.807, 2.05) is 6.08 Å². The van der Waals surface area contributed by atoms with Gasteiger partial charge in [0.05, 0.1) is 0 Å². The lowest BCUT2D eigenvalue weighted by Gasteiger charge is -2.41. The number of hydrogen-bond donors (Lipinski definition) is 0. The third-order valence-electron chi connectivity index (χ3n) is 7.51. The molecule has 0 aromatic heterocycles. The van der Waals surface area contributed by atoms with Crippen molar-refractivity contribution in [2.24, 2.45) is 11.3 Å². The van der Waals surface area contributed by atoms with Crippen molar-refractivity contribution in [3.05, 3.63) is 112 Å². The molecule has 0 nitrogen and oxygen atoms in total. The monoisotopic (exact) mass is 428 g/mol. The maximum atomic E-state index is 6.40. The van der Waals surface area contributed by atoms with Crippen molar-refractivity contribution >= 4 is 17.2 Å². The smallest absolute Gasteiger partial charge is 0.0480 e. The van der Waals surface area contributed by atoms with Gasteiger partial charge in [0.1, 0.15) is 0 Å². The van der Waals surface area contributed by atoms with E-state index in [9.17, 15) is 0 Å². The highest BCUT2D eigenvalue weighted by Gasteiger charge is 2.42. The minimum atomic E-state index is -0.0919. The second-order valence-corrected chi connectivity index (χ2v) is 10.2. The Morgan fingerprint density at radius 2 is 1.87 bits per heavy atom. The first-order valence-electron chi connectivity index (χ1n) is 11.2. The molecule has 0 heterocycles. The lowest BCUT2D eigenvalue weighted by molar-refractivity contribution is 0.430. The van der Waals surface area contributed by atoms with Crippen LogP contribution in [-0.2, 0) is 11.3 Å². The first kappa shape index (κ1) is 21.9. The molecular formula is C30H33Cl. The van der Waals surface area contributed by atoms with E-state index < -0.39 is 0 Å². The molecule has 0 amide bonds. The predicted octanol–water partition coefficient (Wildman–Crippen LogP) is 8.63. The number of halogens is 1. The van der Waals surface area contributed by atoms with Crippen LogP contribution in [0.4, 0.5) is 0 Å². The zero-order valence-electron chi connectivity index (χ0n) is 19.6. The standard InChI is InChI=1S/C30H33Cl/c1-8-10-13-25-19(3)23(9-2)24-16-21-15-22(17-27(24)30(25,6)7)29(4,5)26-14-11-12-20(18-31)28(21)26/h8-17,22H,2,18H2,1,3-7H3/b10-8-,25-13+. The van der Waals surface area contributed by atoms with Crippen LogP contribution in [0, 0.1) is 11.3 Å². The molecule has 160 valence electrons. The highest BCUT2D eigenvalue weighted by atomic mass is 35.5. The van der Waals surface area contributed by atoms with Crippen molar-refractivity contribution < 1.29 is 0 Å². The third-order valence-corrected chi connectivity index (χ3v) is 7.80. The van der Waals surface area contributed by atoms with Gasteiger partial charge in [-0.05, 0) is 70.1 Å². The SMILES string of the molecule is C=CC1=C(C)/C(=C\C=C/C)C(C)(C)C2=CC3C=C(C=C21)c1c(CCl)cccc1C3(C)C. The van der Waals surface area contributed by atoms with Crippen molar-refractivity contribution in [3.63, 3.8) is 0 Å². The summed E-state index contributed by atoms with van der Waals surface area (Å²) in [5.41, 5.74) is 11.7. The molecule has 4 rings (SSSR count). The summed E-state index contributed by atoms with van der Waals surface area (Å²) >= 11 is 6.40. The maximum absolute atomic E-state index is 6.40. The molecule has 0 radical (unpaired) electrons. The summed E-state index contributed by atoms with van der Waals surface area (Å²) in [5, 5.41) is 0. The molecular weight excluding hydrogens is 396 g/mol. The fraction of sp³-hybridized carbons (Fsp3) is 0.333. The van der Waals surface area contributed by atoms with Crippen LogP contribution in [0.25, 0.3) is 5.57 Å². The van der Waals surface area contributed by atoms with Crippen LogP contribution in [-0.4, -0.2) is 0 Å². The van der Waals surface area contributed by atoms with Gasteiger partial charge in [-0.1, -0.05) is 88.9 Å². The van der Waals surface area contributed by atoms with Gasteiger partial charge in [-0.15, -0.1) is 11.6 Å². The van der Waals surface area contributed by atoms with Gasteiger partial charge in [-0.3, -0.25) is 0 Å². The van der Waals surface area contributed by atoms with E-state index >= 15 is 0 Å². The summed E-state index contributed by atoms with van der Waals surface area (Å²) < 4.78 is 0. The van der Waals surface area contributed by atoms with E-state index in [2.05, 4.69) is 103 Å². The van der Waals surface area contributed by atoms with E-state index in [4.69, 9.17) is 11.6 Å². The second-order valence-electron chi connectivity index (χ2n) is 9.96. The fourth-order valence-electron chi connectivity index (χ4n) is 5.65. The summed E-state index contributed by atoms with van der Waals surface area (Å²) in [7, 11) is 0. The zero-order valence-corrected chi connectivity index (χ0v) is 20.4. The molecule has 0 aliphatic heterocycles. The summed E-state index contributed by atoms with van der Waals surface area (Å²) in [6.45, 7) is 18.0. The molecule has 1 heteroatoms. The molecule has 0 fully saturated rings. The zero-order chi connectivity index (χ0) is 22.6. The average Bonchev–Trinajstić information content (AvgIpc) is 2.92. The number of fused-ring (bicyclic) bond motifs is 4. The third kappa shape index (κ3) is 3.19. The largest absolute Gasteiger partial charge is 0.122 e. The van der Waals surface area contributed by atoms with Crippen molar-refractivity contribution in [3.8, 4) is 0 Å². The van der Waals surface area contributed by atoms with Crippen LogP contribution in [0.15, 0.2) is 95.2 Å². The molecule has 3 aliphatic rings. The van der Waals surface area contributed by atoms with E-state index in [0.717, 1.165) is 0 Å². The predicted molar refractivity (Wildman–Crippen MR) is 136 cm³/mol. The normalized spacial score (nSPS) is 24.8. The Kier molecular flexibility index (Phi) is 5.42. The highest BCUT2D eigenvalue weighted by Crippen LogP contribution is 2.55. The number of allylic oxidation sites excluding steroid dienone is 13. The van der Waals surface area contributed by atoms with E-state index in [1.54, 1.807) is 0 Å². The van der Waals surface area contributed by atoms with Gasteiger partial charge in [-0.2, -0.15) is 0 Å². The first-order chi connectivity index (χ1) is 14.7. The molecule has 1 atom stereocenters. The topological polar surface area (TPSA) is 0 Å². The lowest BCUT2D eigenvalue weighted by Crippen LogP contribution is -2.32. The molecule has 0 N–H and O–H groups in total. The molecule has 0 saturated carbocycles. The van der Waals surface area contributed by atoms with Crippen molar-refractivity contribution in [2.75, 3.05) is 0 Å². The minimum Gasteiger partial charge on any atom is -0.122 e. The molecule has 3 aliphatic carbocycles. The van der Waals surface area contributed by atoms with Crippen LogP contribution in [0.2, 0.25) is 0 Å². The number of hydrogen-bond acceptors (Lipinski definition) is 0. The van der Waals surface area contributed by atoms with Crippen LogP contribution < -0.4 is 0 Å². The molecule has 1 aromatic rings. The van der Waals surface area contributed by atoms with Gasteiger partial charge in [0.25, 0.3) is 0 Å². The lowest BCUT2D eigenvalue weighted by atomic mass is 9.63. The number of benzene rings is 1. The van der Waals surface area contributed by atoms with E-state index in [1.165, 1.54) is 50.1 Å². The van der Waals surface area contributed by atoms with Crippen LogP contribution in [0.3, 0.4) is 0 Å². The van der Waals surface area contributed by atoms with Crippen LogP contribution in [0.5, 0.6) is 0 Å². The summed E-state index contributed by atoms with van der Waals surface area (Å²) in [4.78, 5) is 0. The molecule has 2 bridgehead atoms. The van der Waals surface area contributed by atoms with Crippen LogP contribution in [0.1, 0.15) is 58.2 Å². The van der Waals surface area contributed by atoms with Gasteiger partial charge in [0.2, 0.25) is 0 Å². The van der Waals surface area contributed by atoms with E-state index in [-0.39, 0.29) is 10.8 Å². The Morgan fingerprint density at radius 1 is 1.13 bits per heavy atom. The quantitative estimate of drug-likeness (QED) is 0.422. The molecule has 0 saturated heterocycles. The maximum Gasteiger partial charge on any atom is 0.0480 e. The average molecular weight is 429 g/mol. The Balaban J connectivity index is 2.07. The van der Waals surface area contributed by atoms with E-state index in [0.29, 0.717) is 11.8 Å². The Labute approximate surface area is 193 Å².